The molecule has 0 N–H and O–H groups in total. The number of thiazole rings is 1. The molecule has 2 aromatic rings. The molecule has 0 unspecified atom stereocenters. The van der Waals surface area contributed by atoms with Gasteiger partial charge < -0.3 is 0 Å². The van der Waals surface area contributed by atoms with Crippen LogP contribution in [0.3, 0.4) is 0 Å². The first-order valence-electron chi connectivity index (χ1n) is 7.87. The summed E-state index contributed by atoms with van der Waals surface area (Å²) in [6.07, 6.45) is 7.24. The Hall–Kier alpha value is -1.41. The van der Waals surface area contributed by atoms with E-state index in [1.54, 1.807) is 0 Å². The number of rotatable bonds is 2. The number of nitrogens with zero attached hydrogens (tertiary/aromatic N) is 1. The fourth-order valence-electron chi connectivity index (χ4n) is 3.36. The van der Waals surface area contributed by atoms with Gasteiger partial charge in [-0.05, 0) is 56.7 Å². The van der Waals surface area contributed by atoms with E-state index in [0.29, 0.717) is 0 Å². The van der Waals surface area contributed by atoms with Crippen LogP contribution in [0.4, 0.5) is 0 Å². The maximum absolute atomic E-state index is 2.45. The van der Waals surface area contributed by atoms with Crippen LogP contribution in [0.1, 0.15) is 44.2 Å². The number of aryl methyl sites for hydroxylation is 2. The van der Waals surface area contributed by atoms with E-state index in [1.165, 1.54) is 44.8 Å². The molecule has 0 spiro atoms. The summed E-state index contributed by atoms with van der Waals surface area (Å²) in [5.41, 5.74) is 5.71. The van der Waals surface area contributed by atoms with Gasteiger partial charge in [0.1, 0.15) is 11.2 Å². The molecule has 3 rings (SSSR count). The molecule has 0 saturated heterocycles. The summed E-state index contributed by atoms with van der Waals surface area (Å²) in [4.78, 5) is 0. The van der Waals surface area contributed by atoms with Crippen molar-refractivity contribution in [2.75, 3.05) is 0 Å². The summed E-state index contributed by atoms with van der Waals surface area (Å²) in [6.45, 7) is 10.0. The SMILES string of the molecule is CC[n+]1c(/C=C2/C=C(C)C[C@H](C)C2)sc2ccc(C)cc21. The summed E-state index contributed by atoms with van der Waals surface area (Å²) in [5, 5.41) is 1.38. The topological polar surface area (TPSA) is 3.88 Å². The number of allylic oxidation sites excluding steroid dienone is 3. The van der Waals surface area contributed by atoms with Crippen LogP contribution in [0.15, 0.2) is 35.4 Å². The summed E-state index contributed by atoms with van der Waals surface area (Å²) >= 11 is 1.91. The number of hydrogen-bond donors (Lipinski definition) is 0. The van der Waals surface area contributed by atoms with Gasteiger partial charge in [0.25, 0.3) is 5.01 Å². The van der Waals surface area contributed by atoms with Gasteiger partial charge in [-0.2, -0.15) is 4.57 Å². The Bertz CT molecular complexity index is 733. The third-order valence-electron chi connectivity index (χ3n) is 4.20. The van der Waals surface area contributed by atoms with Crippen molar-refractivity contribution in [1.29, 1.82) is 0 Å². The van der Waals surface area contributed by atoms with Crippen LogP contribution in [-0.2, 0) is 6.54 Å². The Labute approximate surface area is 131 Å². The van der Waals surface area contributed by atoms with Gasteiger partial charge in [-0.25, -0.2) is 0 Å². The van der Waals surface area contributed by atoms with Gasteiger partial charge in [-0.3, -0.25) is 0 Å². The molecule has 21 heavy (non-hydrogen) atoms. The molecular weight excluding hydrogens is 274 g/mol. The van der Waals surface area contributed by atoms with Crippen molar-refractivity contribution < 1.29 is 4.57 Å². The minimum absolute atomic E-state index is 0.771. The van der Waals surface area contributed by atoms with E-state index in [-0.39, 0.29) is 0 Å². The molecule has 1 aliphatic carbocycles. The van der Waals surface area contributed by atoms with Crippen LogP contribution >= 0.6 is 11.3 Å². The van der Waals surface area contributed by atoms with Crippen LogP contribution in [0.2, 0.25) is 0 Å². The first kappa shape index (κ1) is 14.5. The minimum atomic E-state index is 0.771. The predicted octanol–water partition coefficient (Wildman–Crippen LogP) is 5.28. The Kier molecular flexibility index (Phi) is 3.99. The van der Waals surface area contributed by atoms with Crippen molar-refractivity contribution in [2.24, 2.45) is 5.92 Å². The molecular formula is C19H24NS+. The normalized spacial score (nSPS) is 21.0. The lowest BCUT2D eigenvalue weighted by Gasteiger charge is -2.18. The number of aromatic nitrogens is 1. The van der Waals surface area contributed by atoms with Gasteiger partial charge >= 0.3 is 0 Å². The fraction of sp³-hybridized carbons (Fsp3) is 0.421. The van der Waals surface area contributed by atoms with Gasteiger partial charge in [-0.15, -0.1) is 0 Å². The minimum Gasteiger partial charge on any atom is -0.182 e. The highest BCUT2D eigenvalue weighted by Gasteiger charge is 2.19. The van der Waals surface area contributed by atoms with Gasteiger partial charge in [-0.1, -0.05) is 36.0 Å². The maximum atomic E-state index is 2.45. The zero-order chi connectivity index (χ0) is 15.0. The van der Waals surface area contributed by atoms with E-state index in [1.807, 2.05) is 11.3 Å². The Morgan fingerprint density at radius 1 is 1.29 bits per heavy atom. The molecule has 0 fully saturated rings. The van der Waals surface area contributed by atoms with Crippen LogP contribution < -0.4 is 4.57 Å². The lowest BCUT2D eigenvalue weighted by molar-refractivity contribution is -0.665. The highest BCUT2D eigenvalue weighted by molar-refractivity contribution is 7.18. The Morgan fingerprint density at radius 2 is 2.10 bits per heavy atom. The molecule has 0 amide bonds. The summed E-state index contributed by atoms with van der Waals surface area (Å²) in [6, 6.07) is 6.78. The maximum Gasteiger partial charge on any atom is 0.263 e. The zero-order valence-electron chi connectivity index (χ0n) is 13.4. The largest absolute Gasteiger partial charge is 0.263 e. The highest BCUT2D eigenvalue weighted by atomic mass is 32.1. The average Bonchev–Trinajstić information content (AvgIpc) is 2.73. The molecule has 0 bridgehead atoms. The molecule has 2 heteroatoms. The van der Waals surface area contributed by atoms with E-state index in [9.17, 15) is 0 Å². The second kappa shape index (κ2) is 5.76. The van der Waals surface area contributed by atoms with E-state index < -0.39 is 0 Å². The van der Waals surface area contributed by atoms with E-state index in [2.05, 4.69) is 62.6 Å². The molecule has 1 aliphatic rings. The Morgan fingerprint density at radius 3 is 2.81 bits per heavy atom. The lowest BCUT2D eigenvalue weighted by atomic mass is 9.88. The third kappa shape index (κ3) is 2.96. The van der Waals surface area contributed by atoms with Crippen molar-refractivity contribution in [1.82, 2.24) is 0 Å². The highest BCUT2D eigenvalue weighted by Crippen LogP contribution is 2.30. The van der Waals surface area contributed by atoms with Crippen LogP contribution in [0.5, 0.6) is 0 Å². The number of benzene rings is 1. The second-order valence-corrected chi connectivity index (χ2v) is 7.44. The molecule has 1 aromatic carbocycles. The van der Waals surface area contributed by atoms with E-state index in [0.717, 1.165) is 12.5 Å². The van der Waals surface area contributed by atoms with E-state index in [4.69, 9.17) is 0 Å². The quantitative estimate of drug-likeness (QED) is 0.664. The molecule has 0 saturated carbocycles. The monoisotopic (exact) mass is 298 g/mol. The van der Waals surface area contributed by atoms with Crippen molar-refractivity contribution >= 4 is 27.6 Å². The molecule has 0 aliphatic heterocycles. The third-order valence-corrected chi connectivity index (χ3v) is 5.31. The van der Waals surface area contributed by atoms with Crippen molar-refractivity contribution in [3.05, 3.63) is 46.0 Å². The standard InChI is InChI=1S/C19H24NS/c1-5-20-17-11-13(2)6-7-18(17)21-19(20)12-16-9-14(3)8-15(4)10-16/h6-7,9,11-12,15H,5,8,10H2,1-4H3/q+1/b16-12-/t15-/m0/s1. The molecule has 1 nitrogen and oxygen atoms in total. The average molecular weight is 298 g/mol. The smallest absolute Gasteiger partial charge is 0.182 e. The predicted molar refractivity (Wildman–Crippen MR) is 92.6 cm³/mol. The van der Waals surface area contributed by atoms with E-state index >= 15 is 0 Å². The molecule has 0 radical (unpaired) electrons. The van der Waals surface area contributed by atoms with Crippen LogP contribution in [-0.4, -0.2) is 0 Å². The van der Waals surface area contributed by atoms with Crippen molar-refractivity contribution in [3.63, 3.8) is 0 Å². The van der Waals surface area contributed by atoms with Gasteiger partial charge in [0.15, 0.2) is 0 Å². The van der Waals surface area contributed by atoms with Crippen LogP contribution in [0, 0.1) is 12.8 Å². The molecule has 1 atom stereocenters. The number of fused-ring (bicyclic) bond motifs is 1. The molecule has 110 valence electrons. The lowest BCUT2D eigenvalue weighted by Crippen LogP contribution is -2.33. The van der Waals surface area contributed by atoms with Crippen molar-refractivity contribution in [2.45, 2.75) is 47.1 Å². The summed E-state index contributed by atoms with van der Waals surface area (Å²) < 4.78 is 3.83. The first-order valence-corrected chi connectivity index (χ1v) is 8.69. The Balaban J connectivity index is 2.10. The molecule has 1 heterocycles. The zero-order valence-corrected chi connectivity index (χ0v) is 14.3. The summed E-state index contributed by atoms with van der Waals surface area (Å²) in [5.74, 6) is 0.771. The number of hydrogen-bond acceptors (Lipinski definition) is 1. The van der Waals surface area contributed by atoms with Gasteiger partial charge in [0.2, 0.25) is 5.52 Å². The first-order chi connectivity index (χ1) is 10.1. The molecule has 1 aromatic heterocycles. The second-order valence-electron chi connectivity index (χ2n) is 6.38. The van der Waals surface area contributed by atoms with Crippen molar-refractivity contribution in [3.8, 4) is 0 Å². The van der Waals surface area contributed by atoms with Crippen LogP contribution in [0.25, 0.3) is 16.3 Å². The fourth-order valence-corrected chi connectivity index (χ4v) is 4.55. The van der Waals surface area contributed by atoms with Gasteiger partial charge in [0.05, 0.1) is 0 Å². The van der Waals surface area contributed by atoms with Gasteiger partial charge in [0, 0.05) is 12.1 Å². The summed E-state index contributed by atoms with van der Waals surface area (Å²) in [7, 11) is 0.